The number of rotatable bonds is 7. The summed E-state index contributed by atoms with van der Waals surface area (Å²) in [6, 6.07) is 22.5. The normalized spacial score (nSPS) is 10.8. The van der Waals surface area contributed by atoms with Gasteiger partial charge in [0.25, 0.3) is 0 Å². The van der Waals surface area contributed by atoms with Gasteiger partial charge in [0.1, 0.15) is 0 Å². The second kappa shape index (κ2) is 9.06. The van der Waals surface area contributed by atoms with Gasteiger partial charge < -0.3 is 15.5 Å². The number of nitrogens with zero attached hydrogens (tertiary/aromatic N) is 1. The molecule has 1 amide bonds. The Labute approximate surface area is 164 Å². The maximum atomic E-state index is 12.2. The largest absolute Gasteiger partial charge is 0.504 e. The fourth-order valence-electron chi connectivity index (χ4n) is 3.03. The van der Waals surface area contributed by atoms with Gasteiger partial charge in [0.15, 0.2) is 11.5 Å². The molecule has 5 heteroatoms. The lowest BCUT2D eigenvalue weighted by Gasteiger charge is -2.17. The van der Waals surface area contributed by atoms with E-state index in [1.54, 1.807) is 6.07 Å². The van der Waals surface area contributed by atoms with Crippen LogP contribution in [-0.2, 0) is 24.3 Å². The van der Waals surface area contributed by atoms with Crippen LogP contribution in [0.25, 0.3) is 0 Å². The van der Waals surface area contributed by atoms with E-state index in [4.69, 9.17) is 0 Å². The van der Waals surface area contributed by atoms with Crippen LogP contribution in [0.4, 0.5) is 5.69 Å². The number of benzene rings is 3. The summed E-state index contributed by atoms with van der Waals surface area (Å²) in [5.41, 5.74) is 3.79. The van der Waals surface area contributed by atoms with E-state index in [-0.39, 0.29) is 23.8 Å². The molecule has 0 bridgehead atoms. The summed E-state index contributed by atoms with van der Waals surface area (Å²) >= 11 is 0. The molecule has 3 N–H and O–H groups in total. The van der Waals surface area contributed by atoms with Crippen molar-refractivity contribution in [3.05, 3.63) is 89.5 Å². The van der Waals surface area contributed by atoms with Gasteiger partial charge in [0.2, 0.25) is 5.91 Å². The van der Waals surface area contributed by atoms with E-state index >= 15 is 0 Å². The molecule has 3 rings (SSSR count). The van der Waals surface area contributed by atoms with Gasteiger partial charge in [-0.1, -0.05) is 48.5 Å². The van der Waals surface area contributed by atoms with Crippen molar-refractivity contribution in [2.45, 2.75) is 19.5 Å². The van der Waals surface area contributed by atoms with Crippen molar-refractivity contribution < 1.29 is 15.0 Å². The average molecular weight is 376 g/mol. The van der Waals surface area contributed by atoms with E-state index in [0.29, 0.717) is 5.56 Å². The number of amides is 1. The fraction of sp³-hybridized carbons (Fsp3) is 0.174. The summed E-state index contributed by atoms with van der Waals surface area (Å²) in [5, 5.41) is 21.7. The summed E-state index contributed by atoms with van der Waals surface area (Å²) in [5.74, 6) is -0.606. The van der Waals surface area contributed by atoms with E-state index < -0.39 is 0 Å². The molecule has 0 unspecified atom stereocenters. The summed E-state index contributed by atoms with van der Waals surface area (Å²) < 4.78 is 0. The Morgan fingerprint density at radius 1 is 0.821 bits per heavy atom. The number of anilines is 1. The van der Waals surface area contributed by atoms with E-state index in [9.17, 15) is 15.0 Å². The van der Waals surface area contributed by atoms with Crippen LogP contribution in [-0.4, -0.2) is 28.1 Å². The number of carbonyl (C=O) groups is 1. The highest BCUT2D eigenvalue weighted by molar-refractivity contribution is 5.92. The third kappa shape index (κ3) is 5.59. The molecule has 3 aromatic rings. The van der Waals surface area contributed by atoms with Crippen LogP contribution in [0.1, 0.15) is 16.7 Å². The van der Waals surface area contributed by atoms with Crippen LogP contribution in [0.3, 0.4) is 0 Å². The van der Waals surface area contributed by atoms with E-state index in [1.165, 1.54) is 23.3 Å². The molecule has 144 valence electrons. The van der Waals surface area contributed by atoms with Gasteiger partial charge in [-0.05, 0) is 48.0 Å². The number of carbonyl (C=O) groups excluding carboxylic acids is 1. The second-order valence-corrected chi connectivity index (χ2v) is 6.90. The lowest BCUT2D eigenvalue weighted by molar-refractivity contribution is -0.115. The van der Waals surface area contributed by atoms with Crippen LogP contribution >= 0.6 is 0 Å². The minimum absolute atomic E-state index is 0.120. The third-order valence-corrected chi connectivity index (χ3v) is 4.39. The molecule has 3 aromatic carbocycles. The minimum Gasteiger partial charge on any atom is -0.504 e. The highest BCUT2D eigenvalue weighted by atomic mass is 16.3. The van der Waals surface area contributed by atoms with Gasteiger partial charge >= 0.3 is 0 Å². The number of phenols is 2. The first-order chi connectivity index (χ1) is 13.5. The first kappa shape index (κ1) is 19.5. The Balaban J connectivity index is 1.52. The molecule has 0 aromatic heterocycles. The molecule has 0 aliphatic rings. The second-order valence-electron chi connectivity index (χ2n) is 6.90. The zero-order valence-electron chi connectivity index (χ0n) is 15.8. The Kier molecular flexibility index (Phi) is 6.29. The minimum atomic E-state index is -0.228. The molecule has 0 spiro atoms. The predicted molar refractivity (Wildman–Crippen MR) is 110 cm³/mol. The molecule has 0 saturated heterocycles. The van der Waals surface area contributed by atoms with Gasteiger partial charge in [0.05, 0.1) is 6.42 Å². The lowest BCUT2D eigenvalue weighted by atomic mass is 10.1. The Morgan fingerprint density at radius 3 is 2.07 bits per heavy atom. The topological polar surface area (TPSA) is 72.8 Å². The standard InChI is InChI=1S/C23H24N2O3/c1-25(15-17-5-3-2-4-6-17)16-18-7-10-20(11-8-18)24-23(28)14-19-9-12-21(26)22(27)13-19/h2-13,26-27H,14-16H2,1H3,(H,24,28). The van der Waals surface area contributed by atoms with Crippen LogP contribution in [0.15, 0.2) is 72.8 Å². The monoisotopic (exact) mass is 376 g/mol. The molecule has 0 saturated carbocycles. The fourth-order valence-corrected chi connectivity index (χ4v) is 3.03. The van der Waals surface area contributed by atoms with Crippen molar-refractivity contribution in [1.29, 1.82) is 0 Å². The predicted octanol–water partition coefficient (Wildman–Crippen LogP) is 3.91. The van der Waals surface area contributed by atoms with E-state index in [0.717, 1.165) is 18.8 Å². The maximum Gasteiger partial charge on any atom is 0.228 e. The van der Waals surface area contributed by atoms with E-state index in [1.807, 2.05) is 42.5 Å². The molecular weight excluding hydrogens is 352 g/mol. The Bertz CT molecular complexity index is 924. The maximum absolute atomic E-state index is 12.2. The average Bonchev–Trinajstić information content (AvgIpc) is 2.67. The zero-order valence-corrected chi connectivity index (χ0v) is 15.8. The summed E-state index contributed by atoms with van der Waals surface area (Å²) in [4.78, 5) is 14.4. The zero-order chi connectivity index (χ0) is 19.9. The third-order valence-electron chi connectivity index (χ3n) is 4.39. The molecule has 0 fully saturated rings. The highest BCUT2D eigenvalue weighted by Crippen LogP contribution is 2.25. The highest BCUT2D eigenvalue weighted by Gasteiger charge is 2.08. The van der Waals surface area contributed by atoms with E-state index in [2.05, 4.69) is 29.4 Å². The molecular formula is C23H24N2O3. The van der Waals surface area contributed by atoms with Gasteiger partial charge in [-0.15, -0.1) is 0 Å². The lowest BCUT2D eigenvalue weighted by Crippen LogP contribution is -2.17. The van der Waals surface area contributed by atoms with Gasteiger partial charge in [0, 0.05) is 18.8 Å². The van der Waals surface area contributed by atoms with Crippen LogP contribution in [0, 0.1) is 0 Å². The Hall–Kier alpha value is -3.31. The van der Waals surface area contributed by atoms with Gasteiger partial charge in [-0.3, -0.25) is 9.69 Å². The van der Waals surface area contributed by atoms with Crippen molar-refractivity contribution in [3.8, 4) is 11.5 Å². The van der Waals surface area contributed by atoms with Crippen LogP contribution in [0.2, 0.25) is 0 Å². The van der Waals surface area contributed by atoms with Crippen molar-refractivity contribution >= 4 is 11.6 Å². The van der Waals surface area contributed by atoms with Crippen molar-refractivity contribution in [3.63, 3.8) is 0 Å². The van der Waals surface area contributed by atoms with Crippen molar-refractivity contribution in [2.24, 2.45) is 0 Å². The molecule has 0 aliphatic heterocycles. The summed E-state index contributed by atoms with van der Waals surface area (Å²) in [6.07, 6.45) is 0.120. The molecule has 28 heavy (non-hydrogen) atoms. The van der Waals surface area contributed by atoms with Gasteiger partial charge in [-0.25, -0.2) is 0 Å². The first-order valence-corrected chi connectivity index (χ1v) is 9.12. The molecule has 0 aliphatic carbocycles. The molecule has 0 radical (unpaired) electrons. The number of hydrogen-bond donors (Lipinski definition) is 3. The number of hydrogen-bond acceptors (Lipinski definition) is 4. The number of nitrogens with one attached hydrogen (secondary N) is 1. The first-order valence-electron chi connectivity index (χ1n) is 9.12. The molecule has 0 heterocycles. The van der Waals surface area contributed by atoms with Crippen molar-refractivity contribution in [1.82, 2.24) is 4.90 Å². The SMILES string of the molecule is CN(Cc1ccccc1)Cc1ccc(NC(=O)Cc2ccc(O)c(O)c2)cc1. The van der Waals surface area contributed by atoms with Crippen molar-refractivity contribution in [2.75, 3.05) is 12.4 Å². The summed E-state index contributed by atoms with van der Waals surface area (Å²) in [7, 11) is 2.08. The number of phenolic OH excluding ortho intramolecular Hbond substituents is 2. The Morgan fingerprint density at radius 2 is 1.43 bits per heavy atom. The quantitative estimate of drug-likeness (QED) is 0.547. The van der Waals surface area contributed by atoms with Crippen LogP contribution < -0.4 is 5.32 Å². The molecule has 0 atom stereocenters. The molecule has 5 nitrogen and oxygen atoms in total. The van der Waals surface area contributed by atoms with Gasteiger partial charge in [-0.2, -0.15) is 0 Å². The van der Waals surface area contributed by atoms with Crippen LogP contribution in [0.5, 0.6) is 11.5 Å². The number of aromatic hydroxyl groups is 2. The summed E-state index contributed by atoms with van der Waals surface area (Å²) in [6.45, 7) is 1.69. The smallest absolute Gasteiger partial charge is 0.228 e.